The van der Waals surface area contributed by atoms with Crippen LogP contribution >= 0.6 is 0 Å². The van der Waals surface area contributed by atoms with Gasteiger partial charge in [0, 0.05) is 6.42 Å². The Morgan fingerprint density at radius 1 is 1.04 bits per heavy atom. The van der Waals surface area contributed by atoms with Crippen molar-refractivity contribution in [2.75, 3.05) is 14.8 Å². The number of carbonyl (C=O) groups excluding carboxylic acids is 1. The number of para-hydroxylation sites is 1. The Balaban J connectivity index is 2.05. The minimum Gasteiger partial charge on any atom is -0.279 e. The third kappa shape index (κ3) is 3.32. The van der Waals surface area contributed by atoms with E-state index in [9.17, 15) is 21.6 Å². The van der Waals surface area contributed by atoms with Crippen LogP contribution < -0.4 is 9.03 Å². The summed E-state index contributed by atoms with van der Waals surface area (Å²) in [6.45, 7) is 3.38. The maximum absolute atomic E-state index is 12.8. The van der Waals surface area contributed by atoms with E-state index >= 15 is 0 Å². The maximum Gasteiger partial charge on any atom is 0.262 e. The third-order valence-corrected chi connectivity index (χ3v) is 7.36. The van der Waals surface area contributed by atoms with Crippen LogP contribution in [0.25, 0.3) is 0 Å². The number of aryl methyl sites for hydroxylation is 2. The fraction of sp³-hybridized carbons (Fsp3) is 0.235. The molecule has 1 saturated heterocycles. The number of nitrogens with one attached hydrogen (secondary N) is 1. The summed E-state index contributed by atoms with van der Waals surface area (Å²) in [6.07, 6.45) is -0.111. The molecule has 0 bridgehead atoms. The summed E-state index contributed by atoms with van der Waals surface area (Å²) >= 11 is 0. The van der Waals surface area contributed by atoms with E-state index in [1.54, 1.807) is 38.1 Å². The minimum atomic E-state index is -3.96. The van der Waals surface area contributed by atoms with E-state index in [0.717, 1.165) is 5.56 Å². The lowest BCUT2D eigenvalue weighted by Crippen LogP contribution is -2.29. The number of rotatable bonds is 4. The molecule has 2 aromatic carbocycles. The quantitative estimate of drug-likeness (QED) is 0.856. The molecule has 0 unspecified atom stereocenters. The first-order chi connectivity index (χ1) is 12.1. The van der Waals surface area contributed by atoms with Gasteiger partial charge in [-0.15, -0.1) is 0 Å². The standard InChI is InChI=1S/C17H18N2O5S2/c1-12-5-3-4-6-15(12)18-26(23,24)16-11-14(8-7-13(16)2)19-17(20)9-10-25(19,21)22/h3-8,11,18H,9-10H2,1-2H3. The Morgan fingerprint density at radius 2 is 1.73 bits per heavy atom. The van der Waals surface area contributed by atoms with Gasteiger partial charge in [-0.05, 0) is 43.2 Å². The monoisotopic (exact) mass is 394 g/mol. The number of hydrogen-bond acceptors (Lipinski definition) is 5. The smallest absolute Gasteiger partial charge is 0.262 e. The van der Waals surface area contributed by atoms with E-state index in [1.807, 2.05) is 0 Å². The second-order valence-corrected chi connectivity index (χ2v) is 9.68. The molecular weight excluding hydrogens is 376 g/mol. The summed E-state index contributed by atoms with van der Waals surface area (Å²) in [5.74, 6) is -0.840. The Morgan fingerprint density at radius 3 is 2.35 bits per heavy atom. The zero-order valence-electron chi connectivity index (χ0n) is 14.3. The number of benzene rings is 2. The maximum atomic E-state index is 12.8. The van der Waals surface area contributed by atoms with Crippen molar-refractivity contribution in [1.29, 1.82) is 0 Å². The predicted octanol–water partition coefficient (Wildman–Crippen LogP) is 2.17. The van der Waals surface area contributed by atoms with Crippen molar-refractivity contribution in [3.8, 4) is 0 Å². The minimum absolute atomic E-state index is 0.0308. The van der Waals surface area contributed by atoms with E-state index in [-0.39, 0.29) is 22.8 Å². The second-order valence-electron chi connectivity index (χ2n) is 6.09. The molecule has 2 aromatic rings. The van der Waals surface area contributed by atoms with E-state index in [1.165, 1.54) is 18.2 Å². The van der Waals surface area contributed by atoms with Crippen LogP contribution in [0.2, 0.25) is 0 Å². The van der Waals surface area contributed by atoms with Crippen LogP contribution in [-0.4, -0.2) is 28.5 Å². The highest BCUT2D eigenvalue weighted by atomic mass is 32.2. The average molecular weight is 394 g/mol. The first-order valence-corrected chi connectivity index (χ1v) is 11.0. The van der Waals surface area contributed by atoms with Gasteiger partial charge >= 0.3 is 0 Å². The molecule has 0 saturated carbocycles. The van der Waals surface area contributed by atoms with Gasteiger partial charge in [0.2, 0.25) is 15.9 Å². The first-order valence-electron chi connectivity index (χ1n) is 7.87. The van der Waals surface area contributed by atoms with Gasteiger partial charge in [-0.3, -0.25) is 9.52 Å². The molecule has 1 fully saturated rings. The number of hydrogen-bond donors (Lipinski definition) is 1. The largest absolute Gasteiger partial charge is 0.279 e. The van der Waals surface area contributed by atoms with Crippen LogP contribution in [0.1, 0.15) is 17.5 Å². The van der Waals surface area contributed by atoms with Crippen molar-refractivity contribution in [2.24, 2.45) is 0 Å². The van der Waals surface area contributed by atoms with E-state index in [4.69, 9.17) is 0 Å². The zero-order valence-corrected chi connectivity index (χ0v) is 15.9. The van der Waals surface area contributed by atoms with Gasteiger partial charge in [0.05, 0.1) is 22.0 Å². The lowest BCUT2D eigenvalue weighted by Gasteiger charge is -2.18. The summed E-state index contributed by atoms with van der Waals surface area (Å²) in [7, 11) is -7.72. The zero-order chi connectivity index (χ0) is 19.1. The van der Waals surface area contributed by atoms with Crippen LogP contribution in [0, 0.1) is 13.8 Å². The normalized spacial score (nSPS) is 16.7. The molecule has 0 atom stereocenters. The molecule has 0 spiro atoms. The molecule has 1 heterocycles. The van der Waals surface area contributed by atoms with Gasteiger partial charge in [-0.25, -0.2) is 21.1 Å². The SMILES string of the molecule is Cc1ccccc1NS(=O)(=O)c1cc(N2C(=O)CCS2(=O)=O)ccc1C. The number of anilines is 2. The van der Waals surface area contributed by atoms with E-state index < -0.39 is 26.0 Å². The fourth-order valence-corrected chi connectivity index (χ4v) is 5.61. The molecule has 0 aromatic heterocycles. The number of nitrogens with zero attached hydrogens (tertiary/aromatic N) is 1. The van der Waals surface area contributed by atoms with E-state index in [2.05, 4.69) is 4.72 Å². The van der Waals surface area contributed by atoms with Crippen molar-refractivity contribution in [3.63, 3.8) is 0 Å². The lowest BCUT2D eigenvalue weighted by molar-refractivity contribution is -0.116. The Bertz CT molecular complexity index is 1090. The van der Waals surface area contributed by atoms with Gasteiger partial charge in [-0.1, -0.05) is 24.3 Å². The third-order valence-electron chi connectivity index (χ3n) is 4.16. The van der Waals surface area contributed by atoms with Gasteiger partial charge < -0.3 is 0 Å². The van der Waals surface area contributed by atoms with Crippen LogP contribution in [-0.2, 0) is 24.8 Å². The predicted molar refractivity (Wildman–Crippen MR) is 99.1 cm³/mol. The molecule has 26 heavy (non-hydrogen) atoms. The van der Waals surface area contributed by atoms with Gasteiger partial charge in [0.1, 0.15) is 0 Å². The van der Waals surface area contributed by atoms with Crippen molar-refractivity contribution < 1.29 is 21.6 Å². The molecule has 0 aliphatic carbocycles. The summed E-state index contributed by atoms with van der Waals surface area (Å²) < 4.78 is 53.0. The number of sulfonamides is 2. The van der Waals surface area contributed by atoms with Crippen molar-refractivity contribution in [3.05, 3.63) is 53.6 Å². The highest BCUT2D eigenvalue weighted by Gasteiger charge is 2.37. The van der Waals surface area contributed by atoms with Crippen molar-refractivity contribution in [1.82, 2.24) is 0 Å². The Labute approximate surface area is 152 Å². The van der Waals surface area contributed by atoms with Gasteiger partial charge in [0.25, 0.3) is 10.0 Å². The average Bonchev–Trinajstić information content (AvgIpc) is 2.83. The highest BCUT2D eigenvalue weighted by molar-refractivity contribution is 7.94. The molecule has 1 N–H and O–H groups in total. The first kappa shape index (κ1) is 18.4. The molecule has 9 heteroatoms. The van der Waals surface area contributed by atoms with Crippen molar-refractivity contribution >= 4 is 37.3 Å². The summed E-state index contributed by atoms with van der Waals surface area (Å²) in [4.78, 5) is 11.9. The van der Waals surface area contributed by atoms with Gasteiger partial charge in [-0.2, -0.15) is 0 Å². The molecule has 1 aliphatic rings. The number of amides is 1. The summed E-state index contributed by atoms with van der Waals surface area (Å²) in [5, 5.41) is 0. The van der Waals surface area contributed by atoms with Gasteiger partial charge in [0.15, 0.2) is 0 Å². The second kappa shape index (κ2) is 6.40. The summed E-state index contributed by atoms with van der Waals surface area (Å²) in [5.41, 5.74) is 1.66. The molecule has 1 amide bonds. The van der Waals surface area contributed by atoms with Crippen LogP contribution in [0.3, 0.4) is 0 Å². The van der Waals surface area contributed by atoms with Crippen molar-refractivity contribution in [2.45, 2.75) is 25.2 Å². The topological polar surface area (TPSA) is 101 Å². The van der Waals surface area contributed by atoms with E-state index in [0.29, 0.717) is 15.6 Å². The molecule has 138 valence electrons. The molecule has 3 rings (SSSR count). The van der Waals surface area contributed by atoms with Crippen LogP contribution in [0.4, 0.5) is 11.4 Å². The Hall–Kier alpha value is -2.39. The van der Waals surface area contributed by atoms with Crippen LogP contribution in [0.15, 0.2) is 47.4 Å². The molecule has 1 aliphatic heterocycles. The molecule has 0 radical (unpaired) electrons. The number of carbonyl (C=O) groups is 1. The highest BCUT2D eigenvalue weighted by Crippen LogP contribution is 2.30. The molecular formula is C17H18N2O5S2. The lowest BCUT2D eigenvalue weighted by atomic mass is 10.2. The Kier molecular flexibility index (Phi) is 4.53. The van der Waals surface area contributed by atoms with Crippen LogP contribution in [0.5, 0.6) is 0 Å². The summed E-state index contributed by atoms with van der Waals surface area (Å²) in [6, 6.07) is 11.1. The fourth-order valence-electron chi connectivity index (χ4n) is 2.76. The molecule has 7 nitrogen and oxygen atoms in total.